The fraction of sp³-hybridized carbons (Fsp3) is 0. The molecule has 0 spiro atoms. The first-order chi connectivity index (χ1) is 8.31. The summed E-state index contributed by atoms with van der Waals surface area (Å²) in [5.41, 5.74) is 1.94. The molecular weight excluding hydrogens is 256 g/mol. The number of halogens is 1. The largest absolute Gasteiger partial charge is 0.333 e. The van der Waals surface area contributed by atoms with Gasteiger partial charge in [-0.05, 0) is 23.9 Å². The highest BCUT2D eigenvalue weighted by Crippen LogP contribution is 2.25. The van der Waals surface area contributed by atoms with E-state index in [0.717, 1.165) is 21.2 Å². The second-order valence-electron chi connectivity index (χ2n) is 3.34. The van der Waals surface area contributed by atoms with Crippen LogP contribution in [0.1, 0.15) is 0 Å². The number of nitrogens with one attached hydrogen (secondary N) is 1. The molecule has 0 aliphatic rings. The number of aromatic nitrogens is 4. The Morgan fingerprint density at radius 3 is 2.82 bits per heavy atom. The maximum Gasteiger partial charge on any atom is 0.172 e. The Morgan fingerprint density at radius 2 is 2.00 bits per heavy atom. The highest BCUT2D eigenvalue weighted by Gasteiger charge is 2.05. The predicted molar refractivity (Wildman–Crippen MR) is 67.3 cm³/mol. The number of imidazole rings is 1. The summed E-state index contributed by atoms with van der Waals surface area (Å²) in [7, 11) is 0. The molecule has 0 amide bonds. The van der Waals surface area contributed by atoms with Crippen LogP contribution in [0.3, 0.4) is 0 Å². The monoisotopic (exact) mass is 262 g/mol. The van der Waals surface area contributed by atoms with E-state index in [1.807, 2.05) is 24.3 Å². The molecule has 4 nitrogen and oxygen atoms in total. The highest BCUT2D eigenvalue weighted by atomic mass is 35.5. The van der Waals surface area contributed by atoms with E-state index in [1.165, 1.54) is 18.0 Å². The molecule has 0 fully saturated rings. The number of nitrogens with zero attached hydrogens (tertiary/aromatic N) is 3. The number of rotatable bonds is 2. The molecule has 3 aromatic rings. The van der Waals surface area contributed by atoms with Crippen LogP contribution >= 0.6 is 23.4 Å². The van der Waals surface area contributed by atoms with Crippen molar-refractivity contribution in [1.82, 2.24) is 19.9 Å². The lowest BCUT2D eigenvalue weighted by Crippen LogP contribution is -1.83. The molecule has 1 aromatic carbocycles. The van der Waals surface area contributed by atoms with Gasteiger partial charge >= 0.3 is 0 Å². The Bertz CT molecular complexity index is 634. The molecule has 2 aromatic heterocycles. The Balaban J connectivity index is 1.94. The molecule has 0 saturated heterocycles. The number of benzene rings is 1. The van der Waals surface area contributed by atoms with Gasteiger partial charge in [0.15, 0.2) is 5.16 Å². The third-order valence-electron chi connectivity index (χ3n) is 2.15. The molecular formula is C11H7ClN4S. The highest BCUT2D eigenvalue weighted by molar-refractivity contribution is 7.99. The zero-order chi connectivity index (χ0) is 11.7. The fourth-order valence-electron chi connectivity index (χ4n) is 1.45. The van der Waals surface area contributed by atoms with Crippen molar-refractivity contribution >= 4 is 34.4 Å². The Kier molecular flexibility index (Phi) is 2.70. The molecule has 0 atom stereocenters. The lowest BCUT2D eigenvalue weighted by Gasteiger charge is -1.95. The van der Waals surface area contributed by atoms with Crippen LogP contribution in [0.25, 0.3) is 11.0 Å². The maximum atomic E-state index is 5.77. The van der Waals surface area contributed by atoms with Crippen molar-refractivity contribution in [2.75, 3.05) is 0 Å². The van der Waals surface area contributed by atoms with E-state index in [2.05, 4.69) is 19.9 Å². The summed E-state index contributed by atoms with van der Waals surface area (Å²) >= 11 is 7.17. The Labute approximate surface area is 106 Å². The van der Waals surface area contributed by atoms with Crippen molar-refractivity contribution in [2.24, 2.45) is 0 Å². The molecule has 0 unspecified atom stereocenters. The van der Waals surface area contributed by atoms with Gasteiger partial charge in [0, 0.05) is 0 Å². The van der Waals surface area contributed by atoms with E-state index < -0.39 is 0 Å². The molecule has 17 heavy (non-hydrogen) atoms. The van der Waals surface area contributed by atoms with Gasteiger partial charge in [-0.1, -0.05) is 23.7 Å². The molecule has 0 aliphatic heterocycles. The van der Waals surface area contributed by atoms with E-state index in [9.17, 15) is 0 Å². The van der Waals surface area contributed by atoms with Gasteiger partial charge in [-0.25, -0.2) is 9.97 Å². The van der Waals surface area contributed by atoms with E-state index in [4.69, 9.17) is 11.6 Å². The predicted octanol–water partition coefficient (Wildman–Crippen LogP) is 3.16. The first-order valence-corrected chi connectivity index (χ1v) is 6.11. The molecule has 3 rings (SSSR count). The standard InChI is InChI=1S/C11H7ClN4S/c12-9-5-13-6-10(16-9)17-11-14-7-3-1-2-4-8(7)15-11/h1-6H,(H,14,15). The van der Waals surface area contributed by atoms with Crippen molar-refractivity contribution in [3.63, 3.8) is 0 Å². The number of H-pyrrole nitrogens is 1. The van der Waals surface area contributed by atoms with Gasteiger partial charge in [0.2, 0.25) is 0 Å². The van der Waals surface area contributed by atoms with Crippen LogP contribution in [0.4, 0.5) is 0 Å². The van der Waals surface area contributed by atoms with Crippen molar-refractivity contribution < 1.29 is 0 Å². The summed E-state index contributed by atoms with van der Waals surface area (Å²) in [5.74, 6) is 0. The van der Waals surface area contributed by atoms with E-state index >= 15 is 0 Å². The van der Waals surface area contributed by atoms with Gasteiger partial charge in [0.05, 0.1) is 23.4 Å². The minimum Gasteiger partial charge on any atom is -0.333 e. The number of aromatic amines is 1. The third-order valence-corrected chi connectivity index (χ3v) is 3.13. The van der Waals surface area contributed by atoms with Gasteiger partial charge in [-0.2, -0.15) is 0 Å². The summed E-state index contributed by atoms with van der Waals surface area (Å²) in [5, 5.41) is 1.88. The van der Waals surface area contributed by atoms with Crippen LogP contribution in [0, 0.1) is 0 Å². The molecule has 0 saturated carbocycles. The van der Waals surface area contributed by atoms with Crippen LogP contribution < -0.4 is 0 Å². The molecule has 0 radical (unpaired) electrons. The number of hydrogen-bond acceptors (Lipinski definition) is 4. The van der Waals surface area contributed by atoms with E-state index in [-0.39, 0.29) is 0 Å². The zero-order valence-corrected chi connectivity index (χ0v) is 10.2. The summed E-state index contributed by atoms with van der Waals surface area (Å²) < 4.78 is 0. The molecule has 6 heteroatoms. The normalized spacial score (nSPS) is 10.9. The van der Waals surface area contributed by atoms with Gasteiger partial charge in [-0.3, -0.25) is 4.98 Å². The summed E-state index contributed by atoms with van der Waals surface area (Å²) in [4.78, 5) is 15.8. The van der Waals surface area contributed by atoms with Gasteiger partial charge in [0.1, 0.15) is 10.2 Å². The summed E-state index contributed by atoms with van der Waals surface area (Å²) in [6.07, 6.45) is 3.16. The number of fused-ring (bicyclic) bond motifs is 1. The van der Waals surface area contributed by atoms with Crippen LogP contribution in [0.2, 0.25) is 5.15 Å². The Hall–Kier alpha value is -1.59. The molecule has 1 N–H and O–H groups in total. The van der Waals surface area contributed by atoms with Crippen molar-refractivity contribution in [3.8, 4) is 0 Å². The minimum absolute atomic E-state index is 0.381. The second-order valence-corrected chi connectivity index (χ2v) is 4.74. The third kappa shape index (κ3) is 2.25. The van der Waals surface area contributed by atoms with E-state index in [1.54, 1.807) is 6.20 Å². The molecule has 84 valence electrons. The van der Waals surface area contributed by atoms with E-state index in [0.29, 0.717) is 5.15 Å². The van der Waals surface area contributed by atoms with Crippen LogP contribution in [-0.2, 0) is 0 Å². The average molecular weight is 263 g/mol. The van der Waals surface area contributed by atoms with Crippen LogP contribution in [0.15, 0.2) is 46.8 Å². The SMILES string of the molecule is Clc1cncc(Sc2nc3ccccc3[nH]2)n1. The maximum absolute atomic E-state index is 5.77. The quantitative estimate of drug-likeness (QED) is 0.771. The molecule has 0 aliphatic carbocycles. The first-order valence-electron chi connectivity index (χ1n) is 4.91. The zero-order valence-electron chi connectivity index (χ0n) is 8.59. The Morgan fingerprint density at radius 1 is 1.12 bits per heavy atom. The van der Waals surface area contributed by atoms with Crippen molar-refractivity contribution in [1.29, 1.82) is 0 Å². The first kappa shape index (κ1) is 10.6. The van der Waals surface area contributed by atoms with Gasteiger partial charge in [-0.15, -0.1) is 0 Å². The van der Waals surface area contributed by atoms with Crippen molar-refractivity contribution in [2.45, 2.75) is 10.2 Å². The smallest absolute Gasteiger partial charge is 0.172 e. The van der Waals surface area contributed by atoms with Gasteiger partial charge < -0.3 is 4.98 Å². The second kappa shape index (κ2) is 4.35. The lowest BCUT2D eigenvalue weighted by atomic mass is 10.3. The number of hydrogen-bond donors (Lipinski definition) is 1. The van der Waals surface area contributed by atoms with Crippen LogP contribution in [0.5, 0.6) is 0 Å². The lowest BCUT2D eigenvalue weighted by molar-refractivity contribution is 1.03. The fourth-order valence-corrected chi connectivity index (χ4v) is 2.41. The van der Waals surface area contributed by atoms with Gasteiger partial charge in [0.25, 0.3) is 0 Å². The average Bonchev–Trinajstić information content (AvgIpc) is 2.71. The topological polar surface area (TPSA) is 54.5 Å². The minimum atomic E-state index is 0.381. The molecule has 0 bridgehead atoms. The summed E-state index contributed by atoms with van der Waals surface area (Å²) in [6.45, 7) is 0. The summed E-state index contributed by atoms with van der Waals surface area (Å²) in [6, 6.07) is 7.86. The van der Waals surface area contributed by atoms with Crippen molar-refractivity contribution in [3.05, 3.63) is 41.8 Å². The van der Waals surface area contributed by atoms with Crippen LogP contribution in [-0.4, -0.2) is 19.9 Å². The molecule has 2 heterocycles. The number of para-hydroxylation sites is 2.